The maximum atomic E-state index is 11.9. The minimum atomic E-state index is -0.361. The molecule has 1 heterocycles. The zero-order valence-electron chi connectivity index (χ0n) is 12.2. The van der Waals surface area contributed by atoms with Crippen LogP contribution in [0.25, 0.3) is 0 Å². The van der Waals surface area contributed by atoms with E-state index in [1.54, 1.807) is 0 Å². The third-order valence-electron chi connectivity index (χ3n) is 3.77. The number of nitrogens with zero attached hydrogens (tertiary/aromatic N) is 1. The molecule has 0 bridgehead atoms. The number of rotatable bonds is 7. The van der Waals surface area contributed by atoms with Gasteiger partial charge in [0.2, 0.25) is 0 Å². The lowest BCUT2D eigenvalue weighted by Crippen LogP contribution is -2.32. The van der Waals surface area contributed by atoms with Crippen LogP contribution in [0, 0.1) is 0 Å². The van der Waals surface area contributed by atoms with Gasteiger partial charge in [0.05, 0.1) is 7.11 Å². The molecule has 4 nitrogen and oxygen atoms in total. The zero-order valence-corrected chi connectivity index (χ0v) is 12.2. The molecule has 1 unspecified atom stereocenters. The summed E-state index contributed by atoms with van der Waals surface area (Å²) in [6.45, 7) is 4.37. The Morgan fingerprint density at radius 1 is 1.30 bits per heavy atom. The standard InChI is InChI=1S/C16H24N2O2/c1-20-16(19)15(14-8-3-2-4-9-14)17-10-7-13-18-11-5-6-12-18/h2-4,8-9,15,17H,5-7,10-13H2,1H3. The van der Waals surface area contributed by atoms with Crippen molar-refractivity contribution < 1.29 is 9.53 Å². The van der Waals surface area contributed by atoms with Gasteiger partial charge < -0.3 is 15.0 Å². The van der Waals surface area contributed by atoms with Crippen molar-refractivity contribution in [2.24, 2.45) is 0 Å². The van der Waals surface area contributed by atoms with E-state index in [1.807, 2.05) is 30.3 Å². The maximum absolute atomic E-state index is 11.9. The van der Waals surface area contributed by atoms with Gasteiger partial charge in [-0.2, -0.15) is 0 Å². The molecule has 1 atom stereocenters. The monoisotopic (exact) mass is 276 g/mol. The summed E-state index contributed by atoms with van der Waals surface area (Å²) in [6, 6.07) is 9.38. The molecule has 1 N–H and O–H groups in total. The molecule has 0 amide bonds. The quantitative estimate of drug-likeness (QED) is 0.611. The van der Waals surface area contributed by atoms with Crippen molar-refractivity contribution in [1.29, 1.82) is 0 Å². The van der Waals surface area contributed by atoms with Gasteiger partial charge in [0.15, 0.2) is 0 Å². The van der Waals surface area contributed by atoms with E-state index in [1.165, 1.54) is 33.0 Å². The van der Waals surface area contributed by atoms with Crippen LogP contribution in [0.5, 0.6) is 0 Å². The number of ether oxygens (including phenoxy) is 1. The third kappa shape index (κ3) is 4.32. The first-order chi connectivity index (χ1) is 9.81. The lowest BCUT2D eigenvalue weighted by molar-refractivity contribution is -0.143. The number of carbonyl (C=O) groups excluding carboxylic acids is 1. The fraction of sp³-hybridized carbons (Fsp3) is 0.562. The smallest absolute Gasteiger partial charge is 0.327 e. The van der Waals surface area contributed by atoms with Gasteiger partial charge in [0.25, 0.3) is 0 Å². The summed E-state index contributed by atoms with van der Waals surface area (Å²) >= 11 is 0. The van der Waals surface area contributed by atoms with Gasteiger partial charge in [-0.3, -0.25) is 0 Å². The van der Waals surface area contributed by atoms with E-state index in [4.69, 9.17) is 4.74 Å². The first-order valence-corrected chi connectivity index (χ1v) is 7.40. The molecule has 1 fully saturated rings. The molecule has 1 aromatic rings. The number of hydrogen-bond donors (Lipinski definition) is 1. The van der Waals surface area contributed by atoms with Gasteiger partial charge in [0, 0.05) is 0 Å². The molecule has 0 radical (unpaired) electrons. The van der Waals surface area contributed by atoms with Gasteiger partial charge >= 0.3 is 5.97 Å². The Bertz CT molecular complexity index is 402. The van der Waals surface area contributed by atoms with E-state index in [9.17, 15) is 4.79 Å². The van der Waals surface area contributed by atoms with Crippen LogP contribution < -0.4 is 5.32 Å². The fourth-order valence-electron chi connectivity index (χ4n) is 2.66. The van der Waals surface area contributed by atoms with Gasteiger partial charge in [-0.15, -0.1) is 0 Å². The Kier molecular flexibility index (Phi) is 6.02. The molecule has 0 aromatic heterocycles. The largest absolute Gasteiger partial charge is 0.468 e. The molecule has 1 saturated heterocycles. The predicted molar refractivity (Wildman–Crippen MR) is 79.5 cm³/mol. The molecule has 20 heavy (non-hydrogen) atoms. The zero-order chi connectivity index (χ0) is 14.2. The summed E-state index contributed by atoms with van der Waals surface area (Å²) in [5.41, 5.74) is 0.959. The van der Waals surface area contributed by atoms with Crippen LogP contribution in [0.4, 0.5) is 0 Å². The van der Waals surface area contributed by atoms with Gasteiger partial charge in [-0.1, -0.05) is 30.3 Å². The number of benzene rings is 1. The van der Waals surface area contributed by atoms with Crippen LogP contribution in [0.15, 0.2) is 30.3 Å². The minimum Gasteiger partial charge on any atom is -0.468 e. The van der Waals surface area contributed by atoms with Crippen molar-refractivity contribution in [2.75, 3.05) is 33.3 Å². The van der Waals surface area contributed by atoms with Crippen molar-refractivity contribution in [2.45, 2.75) is 25.3 Å². The highest BCUT2D eigenvalue weighted by molar-refractivity contribution is 5.77. The minimum absolute atomic E-state index is 0.225. The van der Waals surface area contributed by atoms with E-state index in [2.05, 4.69) is 10.2 Å². The molecule has 110 valence electrons. The van der Waals surface area contributed by atoms with Crippen LogP contribution >= 0.6 is 0 Å². The second-order valence-electron chi connectivity index (χ2n) is 5.22. The Morgan fingerprint density at radius 2 is 2.00 bits per heavy atom. The molecule has 1 aliphatic rings. The highest BCUT2D eigenvalue weighted by Crippen LogP contribution is 2.14. The Morgan fingerprint density at radius 3 is 2.65 bits per heavy atom. The number of methoxy groups -OCH3 is 1. The number of esters is 1. The summed E-state index contributed by atoms with van der Waals surface area (Å²) in [6.07, 6.45) is 3.70. The second-order valence-corrected chi connectivity index (χ2v) is 5.22. The number of nitrogens with one attached hydrogen (secondary N) is 1. The molecule has 0 saturated carbocycles. The molecule has 1 aromatic carbocycles. The molecule has 2 rings (SSSR count). The molecule has 0 aliphatic carbocycles. The lowest BCUT2D eigenvalue weighted by Gasteiger charge is -2.18. The number of carbonyl (C=O) groups is 1. The molecular formula is C16H24N2O2. The van der Waals surface area contributed by atoms with Crippen LogP contribution in [0.1, 0.15) is 30.9 Å². The molecule has 1 aliphatic heterocycles. The fourth-order valence-corrected chi connectivity index (χ4v) is 2.66. The lowest BCUT2D eigenvalue weighted by atomic mass is 10.1. The highest BCUT2D eigenvalue weighted by atomic mass is 16.5. The Balaban J connectivity index is 1.80. The van der Waals surface area contributed by atoms with E-state index >= 15 is 0 Å². The highest BCUT2D eigenvalue weighted by Gasteiger charge is 2.20. The molecular weight excluding hydrogens is 252 g/mol. The second kappa shape index (κ2) is 8.02. The van der Waals surface area contributed by atoms with E-state index in [0.29, 0.717) is 0 Å². The van der Waals surface area contributed by atoms with Crippen LogP contribution in [-0.4, -0.2) is 44.2 Å². The topological polar surface area (TPSA) is 41.6 Å². The van der Waals surface area contributed by atoms with Crippen molar-refractivity contribution >= 4 is 5.97 Å². The van der Waals surface area contributed by atoms with Crippen LogP contribution in [-0.2, 0) is 9.53 Å². The summed E-state index contributed by atoms with van der Waals surface area (Å²) in [5, 5.41) is 3.31. The summed E-state index contributed by atoms with van der Waals surface area (Å²) < 4.78 is 4.89. The summed E-state index contributed by atoms with van der Waals surface area (Å²) in [7, 11) is 1.43. The summed E-state index contributed by atoms with van der Waals surface area (Å²) in [5.74, 6) is -0.225. The SMILES string of the molecule is COC(=O)C(NCCCN1CCCC1)c1ccccc1. The van der Waals surface area contributed by atoms with E-state index in [-0.39, 0.29) is 12.0 Å². The first-order valence-electron chi connectivity index (χ1n) is 7.40. The molecule has 4 heteroatoms. The normalized spacial score (nSPS) is 17.1. The Hall–Kier alpha value is -1.39. The van der Waals surface area contributed by atoms with Gasteiger partial charge in [-0.25, -0.2) is 4.79 Å². The predicted octanol–water partition coefficient (Wildman–Crippen LogP) is 1.98. The van der Waals surface area contributed by atoms with Gasteiger partial charge in [0.1, 0.15) is 6.04 Å². The maximum Gasteiger partial charge on any atom is 0.327 e. The molecule has 0 spiro atoms. The number of likely N-dealkylation sites (tertiary alicyclic amines) is 1. The van der Waals surface area contributed by atoms with Crippen molar-refractivity contribution in [3.8, 4) is 0 Å². The van der Waals surface area contributed by atoms with E-state index < -0.39 is 0 Å². The third-order valence-corrected chi connectivity index (χ3v) is 3.77. The van der Waals surface area contributed by atoms with Crippen molar-refractivity contribution in [3.05, 3.63) is 35.9 Å². The Labute approximate surface area is 121 Å². The van der Waals surface area contributed by atoms with Gasteiger partial charge in [-0.05, 0) is 51.0 Å². The number of hydrogen-bond acceptors (Lipinski definition) is 4. The van der Waals surface area contributed by atoms with Crippen LogP contribution in [0.2, 0.25) is 0 Å². The first kappa shape index (κ1) is 15.0. The average molecular weight is 276 g/mol. The average Bonchev–Trinajstić information content (AvgIpc) is 3.01. The summed E-state index contributed by atoms with van der Waals surface area (Å²) in [4.78, 5) is 14.4. The van der Waals surface area contributed by atoms with Crippen molar-refractivity contribution in [1.82, 2.24) is 10.2 Å². The van der Waals surface area contributed by atoms with Crippen molar-refractivity contribution in [3.63, 3.8) is 0 Å². The van der Waals surface area contributed by atoms with Crippen LogP contribution in [0.3, 0.4) is 0 Å². The van der Waals surface area contributed by atoms with E-state index in [0.717, 1.165) is 25.1 Å².